The Kier molecular flexibility index (Phi) is 5.43. The minimum Gasteiger partial charge on any atom is -0.384 e. The van der Waals surface area contributed by atoms with Crippen LogP contribution in [0.1, 0.15) is 11.4 Å². The number of anilines is 1. The van der Waals surface area contributed by atoms with E-state index in [-0.39, 0.29) is 0 Å². The molecule has 3 aromatic rings. The van der Waals surface area contributed by atoms with Crippen LogP contribution in [0.5, 0.6) is 0 Å². The quantitative estimate of drug-likeness (QED) is 0.668. The second kappa shape index (κ2) is 8.12. The summed E-state index contributed by atoms with van der Waals surface area (Å²) in [7, 11) is 1.71. The Balaban J connectivity index is 1.37. The maximum Gasteiger partial charge on any atom is 0.205 e. The zero-order chi connectivity index (χ0) is 17.8. The van der Waals surface area contributed by atoms with E-state index in [1.807, 2.05) is 0 Å². The van der Waals surface area contributed by atoms with Crippen molar-refractivity contribution in [2.75, 3.05) is 44.8 Å². The summed E-state index contributed by atoms with van der Waals surface area (Å²) in [6.45, 7) is 5.79. The van der Waals surface area contributed by atoms with Crippen LogP contribution >= 0.6 is 11.5 Å². The molecule has 0 unspecified atom stereocenters. The fourth-order valence-electron chi connectivity index (χ4n) is 3.44. The van der Waals surface area contributed by atoms with E-state index in [1.165, 1.54) is 27.9 Å². The van der Waals surface area contributed by atoms with Gasteiger partial charge in [-0.2, -0.15) is 4.37 Å². The topological polar surface area (TPSA) is 41.5 Å². The van der Waals surface area contributed by atoms with Crippen LogP contribution in [0.2, 0.25) is 0 Å². The van der Waals surface area contributed by atoms with Crippen molar-refractivity contribution in [3.8, 4) is 0 Å². The number of benzene rings is 2. The number of piperazine rings is 1. The van der Waals surface area contributed by atoms with Crippen molar-refractivity contribution < 1.29 is 4.74 Å². The van der Waals surface area contributed by atoms with Gasteiger partial charge in [-0.15, -0.1) is 0 Å². The Morgan fingerprint density at radius 2 is 1.85 bits per heavy atom. The van der Waals surface area contributed by atoms with E-state index in [0.717, 1.165) is 50.1 Å². The van der Waals surface area contributed by atoms with Gasteiger partial charge in [0.1, 0.15) is 5.82 Å². The molecule has 5 nitrogen and oxygen atoms in total. The molecular weight excluding hydrogens is 344 g/mol. The maximum absolute atomic E-state index is 5.11. The van der Waals surface area contributed by atoms with Crippen molar-refractivity contribution in [3.63, 3.8) is 0 Å². The third-order valence-corrected chi connectivity index (χ3v) is 5.72. The number of hydrogen-bond donors (Lipinski definition) is 0. The Hall–Kier alpha value is -2.02. The molecule has 1 fully saturated rings. The van der Waals surface area contributed by atoms with Crippen molar-refractivity contribution in [1.82, 2.24) is 14.3 Å². The van der Waals surface area contributed by atoms with Gasteiger partial charge >= 0.3 is 0 Å². The van der Waals surface area contributed by atoms with E-state index in [1.54, 1.807) is 7.11 Å². The SMILES string of the molecule is COCCc1nsc(N2CCN(Cc3cccc4ccccc34)CC2)n1. The second-order valence-electron chi connectivity index (χ2n) is 6.64. The van der Waals surface area contributed by atoms with Crippen molar-refractivity contribution in [3.05, 3.63) is 53.9 Å². The minimum atomic E-state index is 0.676. The van der Waals surface area contributed by atoms with Crippen LogP contribution in [0.25, 0.3) is 10.8 Å². The first-order valence-corrected chi connectivity index (χ1v) is 9.86. The molecule has 0 spiro atoms. The van der Waals surface area contributed by atoms with Crippen LogP contribution in [-0.4, -0.2) is 54.2 Å². The zero-order valence-corrected chi connectivity index (χ0v) is 15.9. The predicted octanol–water partition coefficient (Wildman–Crippen LogP) is 3.20. The number of ether oxygens (including phenoxy) is 1. The molecule has 0 N–H and O–H groups in total. The molecule has 1 aliphatic rings. The predicted molar refractivity (Wildman–Crippen MR) is 107 cm³/mol. The summed E-state index contributed by atoms with van der Waals surface area (Å²) < 4.78 is 9.55. The van der Waals surface area contributed by atoms with Gasteiger partial charge in [0, 0.05) is 57.8 Å². The van der Waals surface area contributed by atoms with Crippen molar-refractivity contribution in [2.24, 2.45) is 0 Å². The number of nitrogens with zero attached hydrogens (tertiary/aromatic N) is 4. The minimum absolute atomic E-state index is 0.676. The van der Waals surface area contributed by atoms with Gasteiger partial charge < -0.3 is 9.64 Å². The molecule has 26 heavy (non-hydrogen) atoms. The highest BCUT2D eigenvalue weighted by Crippen LogP contribution is 2.23. The Labute approximate surface area is 158 Å². The van der Waals surface area contributed by atoms with Gasteiger partial charge in [-0.3, -0.25) is 4.90 Å². The summed E-state index contributed by atoms with van der Waals surface area (Å²) in [6.07, 6.45) is 0.786. The first kappa shape index (κ1) is 17.4. The molecule has 136 valence electrons. The molecule has 1 saturated heterocycles. The first-order chi connectivity index (χ1) is 12.8. The lowest BCUT2D eigenvalue weighted by atomic mass is 10.0. The van der Waals surface area contributed by atoms with Gasteiger partial charge in [-0.1, -0.05) is 42.5 Å². The van der Waals surface area contributed by atoms with E-state index < -0.39 is 0 Å². The lowest BCUT2D eigenvalue weighted by Gasteiger charge is -2.34. The van der Waals surface area contributed by atoms with Crippen LogP contribution in [0.4, 0.5) is 5.13 Å². The second-order valence-corrected chi connectivity index (χ2v) is 7.37. The van der Waals surface area contributed by atoms with Crippen molar-refractivity contribution >= 4 is 27.4 Å². The van der Waals surface area contributed by atoms with Gasteiger partial charge in [0.25, 0.3) is 0 Å². The molecule has 0 saturated carbocycles. The molecule has 1 aliphatic heterocycles. The molecule has 0 aliphatic carbocycles. The highest BCUT2D eigenvalue weighted by atomic mass is 32.1. The fraction of sp³-hybridized carbons (Fsp3) is 0.400. The summed E-state index contributed by atoms with van der Waals surface area (Å²) in [5.74, 6) is 0.894. The van der Waals surface area contributed by atoms with Gasteiger partial charge in [-0.25, -0.2) is 4.98 Å². The largest absolute Gasteiger partial charge is 0.384 e. The molecular formula is C20H24N4OS. The number of rotatable bonds is 6. The average molecular weight is 369 g/mol. The third kappa shape index (κ3) is 3.87. The van der Waals surface area contributed by atoms with E-state index in [2.05, 4.69) is 61.6 Å². The van der Waals surface area contributed by atoms with E-state index >= 15 is 0 Å². The number of methoxy groups -OCH3 is 1. The summed E-state index contributed by atoms with van der Waals surface area (Å²) in [5.41, 5.74) is 1.41. The van der Waals surface area contributed by atoms with Crippen LogP contribution in [0.3, 0.4) is 0 Å². The molecule has 2 heterocycles. The molecule has 1 aromatic heterocycles. The molecule has 0 radical (unpaired) electrons. The summed E-state index contributed by atoms with van der Waals surface area (Å²) >= 11 is 1.50. The van der Waals surface area contributed by atoms with Gasteiger partial charge in [-0.05, 0) is 16.3 Å². The molecule has 0 bridgehead atoms. The van der Waals surface area contributed by atoms with Crippen molar-refractivity contribution in [1.29, 1.82) is 0 Å². The first-order valence-electron chi connectivity index (χ1n) is 9.09. The van der Waals surface area contributed by atoms with Gasteiger partial charge in [0.2, 0.25) is 5.13 Å². The molecule has 4 rings (SSSR count). The Morgan fingerprint density at radius 1 is 1.04 bits per heavy atom. The van der Waals surface area contributed by atoms with Crippen LogP contribution < -0.4 is 4.90 Å². The summed E-state index contributed by atoms with van der Waals surface area (Å²) in [4.78, 5) is 9.54. The number of hydrogen-bond acceptors (Lipinski definition) is 6. The van der Waals surface area contributed by atoms with Gasteiger partial charge in [0.05, 0.1) is 6.61 Å². The maximum atomic E-state index is 5.11. The summed E-state index contributed by atoms with van der Waals surface area (Å²) in [5, 5.41) is 3.73. The van der Waals surface area contributed by atoms with Crippen LogP contribution in [-0.2, 0) is 17.7 Å². The van der Waals surface area contributed by atoms with Crippen molar-refractivity contribution in [2.45, 2.75) is 13.0 Å². The third-order valence-electron chi connectivity index (χ3n) is 4.90. The monoisotopic (exact) mass is 368 g/mol. The molecule has 0 amide bonds. The Morgan fingerprint density at radius 3 is 2.69 bits per heavy atom. The zero-order valence-electron chi connectivity index (χ0n) is 15.1. The highest BCUT2D eigenvalue weighted by molar-refractivity contribution is 7.09. The molecule has 0 atom stereocenters. The van der Waals surface area contributed by atoms with E-state index in [4.69, 9.17) is 4.74 Å². The molecule has 2 aromatic carbocycles. The molecule has 6 heteroatoms. The Bertz CT molecular complexity index is 852. The average Bonchev–Trinajstić information content (AvgIpc) is 3.16. The lowest BCUT2D eigenvalue weighted by molar-refractivity contribution is 0.201. The van der Waals surface area contributed by atoms with E-state index in [9.17, 15) is 0 Å². The van der Waals surface area contributed by atoms with E-state index in [0.29, 0.717) is 6.61 Å². The fourth-order valence-corrected chi connectivity index (χ4v) is 4.20. The van der Waals surface area contributed by atoms with Gasteiger partial charge in [0.15, 0.2) is 0 Å². The normalized spacial score (nSPS) is 15.7. The van der Waals surface area contributed by atoms with Crippen LogP contribution in [0.15, 0.2) is 42.5 Å². The number of fused-ring (bicyclic) bond motifs is 1. The standard InChI is InChI=1S/C20H24N4OS/c1-25-14-9-19-21-20(26-22-19)24-12-10-23(11-13-24)15-17-7-4-6-16-5-2-3-8-18(16)17/h2-8H,9-15H2,1H3. The summed E-state index contributed by atoms with van der Waals surface area (Å²) in [6, 6.07) is 15.2. The number of aromatic nitrogens is 2. The highest BCUT2D eigenvalue weighted by Gasteiger charge is 2.20. The van der Waals surface area contributed by atoms with Crippen LogP contribution in [0, 0.1) is 0 Å². The smallest absolute Gasteiger partial charge is 0.205 e. The lowest BCUT2D eigenvalue weighted by Crippen LogP contribution is -2.46.